The zero-order valence-corrected chi connectivity index (χ0v) is 26.2. The fourth-order valence-corrected chi connectivity index (χ4v) is 7.58. The van der Waals surface area contributed by atoms with Crippen LogP contribution in [0.4, 0.5) is 5.69 Å². The van der Waals surface area contributed by atoms with Crippen molar-refractivity contribution in [2.24, 2.45) is 24.6 Å². The topological polar surface area (TPSA) is 107 Å². The third-order valence-corrected chi connectivity index (χ3v) is 10.3. The number of likely N-dealkylation sites (tertiary alicyclic amines) is 1. The quantitative estimate of drug-likeness (QED) is 0.210. The third-order valence-electron chi connectivity index (χ3n) is 10.3. The van der Waals surface area contributed by atoms with Gasteiger partial charge < -0.3 is 29.8 Å². The second kappa shape index (κ2) is 10.9. The molecule has 5 aromatic rings. The highest BCUT2D eigenvalue weighted by Crippen LogP contribution is 2.41. The number of methoxy groups -OCH3 is 1. The summed E-state index contributed by atoms with van der Waals surface area (Å²) in [5.74, 6) is 2.27. The number of carbonyl (C=O) groups is 2. The van der Waals surface area contributed by atoms with Crippen LogP contribution in [-0.4, -0.2) is 56.6 Å². The number of ether oxygens (including phenoxy) is 1. The van der Waals surface area contributed by atoms with Crippen LogP contribution in [0, 0.1) is 11.8 Å². The van der Waals surface area contributed by atoms with Crippen LogP contribution in [0.3, 0.4) is 0 Å². The zero-order valence-electron chi connectivity index (χ0n) is 26.2. The number of anilines is 1. The highest BCUT2D eigenvalue weighted by atomic mass is 16.5. The first-order valence-corrected chi connectivity index (χ1v) is 16.1. The van der Waals surface area contributed by atoms with E-state index < -0.39 is 0 Å². The number of amides is 2. The molecule has 1 saturated heterocycles. The van der Waals surface area contributed by atoms with Gasteiger partial charge in [-0.1, -0.05) is 30.8 Å². The molecule has 1 aliphatic heterocycles. The summed E-state index contributed by atoms with van der Waals surface area (Å²) in [6.45, 7) is 5.16. The van der Waals surface area contributed by atoms with Crippen LogP contribution in [-0.2, 0) is 18.4 Å². The predicted molar refractivity (Wildman–Crippen MR) is 181 cm³/mol. The van der Waals surface area contributed by atoms with Gasteiger partial charge in [0.1, 0.15) is 11.3 Å². The maximum atomic E-state index is 13.7. The third kappa shape index (κ3) is 4.69. The van der Waals surface area contributed by atoms with Crippen molar-refractivity contribution in [2.45, 2.75) is 44.3 Å². The number of rotatable bonds is 8. The van der Waals surface area contributed by atoms with Gasteiger partial charge in [-0.25, -0.2) is 4.98 Å². The average Bonchev–Trinajstić information content (AvgIpc) is 3.48. The summed E-state index contributed by atoms with van der Waals surface area (Å²) in [7, 11) is 3.67. The van der Waals surface area contributed by atoms with Gasteiger partial charge in [0.2, 0.25) is 5.91 Å². The van der Waals surface area contributed by atoms with Crippen LogP contribution >= 0.6 is 0 Å². The van der Waals surface area contributed by atoms with Gasteiger partial charge in [0, 0.05) is 54.4 Å². The van der Waals surface area contributed by atoms with Crippen molar-refractivity contribution in [3.8, 4) is 28.4 Å². The van der Waals surface area contributed by atoms with E-state index in [1.54, 1.807) is 7.11 Å². The van der Waals surface area contributed by atoms with Gasteiger partial charge in [-0.05, 0) is 91.1 Å². The minimum absolute atomic E-state index is 0.00143. The largest absolute Gasteiger partial charge is 0.494 e. The number of hydrogen-bond donors (Lipinski definition) is 2. The molecular formula is C37H38N6O3. The van der Waals surface area contributed by atoms with Gasteiger partial charge in [-0.15, -0.1) is 0 Å². The second-order valence-corrected chi connectivity index (χ2v) is 13.1. The lowest BCUT2D eigenvalue weighted by Gasteiger charge is -2.27. The minimum Gasteiger partial charge on any atom is -0.494 e. The molecule has 3 fully saturated rings. The molecule has 3 aromatic carbocycles. The van der Waals surface area contributed by atoms with Crippen molar-refractivity contribution in [3.05, 3.63) is 78.9 Å². The molecule has 3 atom stereocenters. The van der Waals surface area contributed by atoms with E-state index in [1.165, 1.54) is 18.9 Å². The Morgan fingerprint density at radius 2 is 1.83 bits per heavy atom. The smallest absolute Gasteiger partial charge is 0.254 e. The lowest BCUT2D eigenvalue weighted by Crippen LogP contribution is -2.41. The lowest BCUT2D eigenvalue weighted by atomic mass is 10.0. The van der Waals surface area contributed by atoms with Crippen molar-refractivity contribution in [1.29, 1.82) is 0 Å². The van der Waals surface area contributed by atoms with E-state index in [2.05, 4.69) is 45.3 Å². The first-order chi connectivity index (χ1) is 22.3. The van der Waals surface area contributed by atoms with E-state index in [0.717, 1.165) is 76.2 Å². The number of fused-ring (bicyclic) bond motifs is 4. The van der Waals surface area contributed by atoms with Gasteiger partial charge in [-0.3, -0.25) is 9.59 Å². The van der Waals surface area contributed by atoms with Crippen molar-refractivity contribution in [2.75, 3.05) is 19.0 Å². The minimum atomic E-state index is -0.231. The van der Waals surface area contributed by atoms with Crippen LogP contribution in [0.2, 0.25) is 0 Å². The zero-order chi connectivity index (χ0) is 31.7. The van der Waals surface area contributed by atoms with Gasteiger partial charge in [-0.2, -0.15) is 0 Å². The first-order valence-electron chi connectivity index (χ1n) is 16.1. The molecule has 0 spiro atoms. The molecule has 3 heterocycles. The number of piperidine rings is 1. The van der Waals surface area contributed by atoms with Crippen LogP contribution in [0.1, 0.15) is 36.0 Å². The molecule has 2 amide bonds. The maximum absolute atomic E-state index is 13.7. The van der Waals surface area contributed by atoms with Crippen LogP contribution < -0.4 is 15.8 Å². The Balaban J connectivity index is 1.19. The number of imidazole rings is 1. The number of nitrogens with zero attached hydrogens (tertiary/aromatic N) is 4. The van der Waals surface area contributed by atoms with Crippen molar-refractivity contribution < 1.29 is 14.3 Å². The van der Waals surface area contributed by atoms with E-state index >= 15 is 0 Å². The highest BCUT2D eigenvalue weighted by molar-refractivity contribution is 6.01. The summed E-state index contributed by atoms with van der Waals surface area (Å²) < 4.78 is 10.4. The Bertz CT molecular complexity index is 2040. The van der Waals surface area contributed by atoms with E-state index in [9.17, 15) is 9.59 Å². The number of nitrogens with two attached hydrogens (primary N) is 1. The number of aryl methyl sites for hydroxylation is 1. The lowest BCUT2D eigenvalue weighted by molar-refractivity contribution is -0.111. The molecule has 8 rings (SSSR count). The average molecular weight is 615 g/mol. The Kier molecular flexibility index (Phi) is 6.76. The van der Waals surface area contributed by atoms with Gasteiger partial charge >= 0.3 is 0 Å². The Labute approximate surface area is 267 Å². The Hall–Kier alpha value is -4.89. The molecule has 3 N–H and O–H groups in total. The number of nitrogens with one attached hydrogen (secondary N) is 1. The SMILES string of the molecule is C=CC(=O)Nc1ccc(-c2ccc3cc(-c4nc5cc(C(=O)N6CC7CCC6C7N)cc(OC)c5n4C)n(CC4CC4)c3c2)cc1. The van der Waals surface area contributed by atoms with E-state index in [1.807, 2.05) is 48.3 Å². The second-order valence-electron chi connectivity index (χ2n) is 13.1. The molecule has 46 heavy (non-hydrogen) atoms. The number of benzene rings is 3. The van der Waals surface area contributed by atoms with E-state index in [0.29, 0.717) is 23.1 Å². The number of hydrogen-bond acceptors (Lipinski definition) is 5. The van der Waals surface area contributed by atoms with Gasteiger partial charge in [0.25, 0.3) is 5.91 Å². The highest BCUT2D eigenvalue weighted by Gasteiger charge is 2.47. The number of carbonyl (C=O) groups excluding carboxylic acids is 2. The van der Waals surface area contributed by atoms with Gasteiger partial charge in [0.15, 0.2) is 5.82 Å². The Morgan fingerprint density at radius 1 is 1.04 bits per heavy atom. The summed E-state index contributed by atoms with van der Waals surface area (Å²) in [5.41, 5.74) is 13.7. The van der Waals surface area contributed by atoms with Crippen molar-refractivity contribution in [1.82, 2.24) is 19.0 Å². The standard InChI is InChI=1S/C37H38N6O3/c1-4-33(44)39-27-12-9-22(10-13-27)23-7-8-24-17-31(42(30(24)16-23)19-21-5-6-21)36-40-28-15-26(18-32(46-3)35(28)41(36)2)37(45)43-20-25-11-14-29(43)34(25)38/h4,7-10,12-13,15-18,21,25,29,34H,1,5-6,11,14,19-20,38H2,2-3H3,(H,39,44). The molecule has 9 heteroatoms. The van der Waals surface area contributed by atoms with Gasteiger partial charge in [0.05, 0.1) is 18.3 Å². The monoisotopic (exact) mass is 614 g/mol. The van der Waals surface area contributed by atoms with Crippen molar-refractivity contribution in [3.63, 3.8) is 0 Å². The Morgan fingerprint density at radius 3 is 2.50 bits per heavy atom. The molecule has 9 nitrogen and oxygen atoms in total. The first kappa shape index (κ1) is 28.6. The molecule has 3 unspecified atom stereocenters. The normalized spacial score (nSPS) is 20.5. The molecular weight excluding hydrogens is 576 g/mol. The molecule has 2 bridgehead atoms. The molecule has 3 aliphatic rings. The van der Waals surface area contributed by atoms with Crippen LogP contribution in [0.25, 0.3) is 44.6 Å². The van der Waals surface area contributed by atoms with E-state index in [-0.39, 0.29) is 23.9 Å². The molecule has 234 valence electrons. The summed E-state index contributed by atoms with van der Waals surface area (Å²) >= 11 is 0. The van der Waals surface area contributed by atoms with Crippen LogP contribution in [0.5, 0.6) is 5.75 Å². The summed E-state index contributed by atoms with van der Waals surface area (Å²) in [5, 5.41) is 3.95. The molecule has 2 saturated carbocycles. The summed E-state index contributed by atoms with van der Waals surface area (Å²) in [6, 6.07) is 20.6. The van der Waals surface area contributed by atoms with Crippen molar-refractivity contribution >= 4 is 39.4 Å². The fraction of sp³-hybridized carbons (Fsp3) is 0.324. The predicted octanol–water partition coefficient (Wildman–Crippen LogP) is 5.97. The number of aromatic nitrogens is 3. The summed E-state index contributed by atoms with van der Waals surface area (Å²) in [6.07, 6.45) is 5.78. The molecule has 0 radical (unpaired) electrons. The maximum Gasteiger partial charge on any atom is 0.254 e. The molecule has 2 aromatic heterocycles. The summed E-state index contributed by atoms with van der Waals surface area (Å²) in [4.78, 5) is 32.6. The van der Waals surface area contributed by atoms with E-state index in [4.69, 9.17) is 15.5 Å². The fourth-order valence-electron chi connectivity index (χ4n) is 7.58. The van der Waals surface area contributed by atoms with Crippen LogP contribution in [0.15, 0.2) is 73.3 Å². The molecule has 2 aliphatic carbocycles.